The van der Waals surface area contributed by atoms with Gasteiger partial charge in [-0.25, -0.2) is 4.39 Å². The minimum atomic E-state index is -0.195. The summed E-state index contributed by atoms with van der Waals surface area (Å²) >= 11 is 0. The van der Waals surface area contributed by atoms with E-state index in [9.17, 15) is 4.39 Å². The third-order valence-corrected chi connectivity index (χ3v) is 3.88. The Morgan fingerprint density at radius 2 is 2.30 bits per heavy atom. The number of benzene rings is 1. The minimum absolute atomic E-state index is 0.0805. The highest BCUT2D eigenvalue weighted by Gasteiger charge is 2.23. The molecule has 0 saturated heterocycles. The summed E-state index contributed by atoms with van der Waals surface area (Å²) in [4.78, 5) is 0. The Balaban J connectivity index is 1.67. The molecule has 2 aromatic rings. The fourth-order valence-electron chi connectivity index (χ4n) is 2.62. The predicted octanol–water partition coefficient (Wildman–Crippen LogP) is 2.91. The van der Waals surface area contributed by atoms with Gasteiger partial charge in [0.1, 0.15) is 17.7 Å². The first-order chi connectivity index (χ1) is 9.65. The summed E-state index contributed by atoms with van der Waals surface area (Å²) in [6.07, 6.45) is 5.05. The Hall–Kier alpha value is -1.81. The number of hydrogen-bond acceptors (Lipinski definition) is 2. The van der Waals surface area contributed by atoms with Gasteiger partial charge in [-0.05, 0) is 43.8 Å². The molecule has 0 saturated carbocycles. The van der Waals surface area contributed by atoms with Crippen molar-refractivity contribution < 1.29 is 9.13 Å². The van der Waals surface area contributed by atoms with Crippen LogP contribution in [0, 0.1) is 5.82 Å². The van der Waals surface area contributed by atoms with Crippen LogP contribution in [0.4, 0.5) is 4.39 Å². The standard InChI is InChI=1S/C16H19FN2O/c1-11(18-2)12-5-6-19(9-12)10-15-8-13-7-14(17)3-4-16(13)20-15/h3-7,9,11,15,18H,8,10H2,1-2H3. The zero-order valence-corrected chi connectivity index (χ0v) is 11.8. The molecule has 0 aliphatic carbocycles. The summed E-state index contributed by atoms with van der Waals surface area (Å²) < 4.78 is 21.2. The van der Waals surface area contributed by atoms with Crippen LogP contribution in [0.15, 0.2) is 36.7 Å². The summed E-state index contributed by atoms with van der Waals surface area (Å²) in [6.45, 7) is 2.91. The van der Waals surface area contributed by atoms with Crippen LogP contribution in [0.5, 0.6) is 5.75 Å². The van der Waals surface area contributed by atoms with Gasteiger partial charge in [-0.3, -0.25) is 0 Å². The number of hydrogen-bond donors (Lipinski definition) is 1. The van der Waals surface area contributed by atoms with Crippen LogP contribution in [-0.2, 0) is 13.0 Å². The molecule has 1 aromatic carbocycles. The van der Waals surface area contributed by atoms with E-state index in [2.05, 4.69) is 35.3 Å². The molecule has 2 heterocycles. The highest BCUT2D eigenvalue weighted by Crippen LogP contribution is 2.30. The fraction of sp³-hybridized carbons (Fsp3) is 0.375. The van der Waals surface area contributed by atoms with E-state index in [1.54, 1.807) is 12.1 Å². The van der Waals surface area contributed by atoms with Crippen LogP contribution in [0.3, 0.4) is 0 Å². The fourth-order valence-corrected chi connectivity index (χ4v) is 2.62. The van der Waals surface area contributed by atoms with Gasteiger partial charge in [0.25, 0.3) is 0 Å². The van der Waals surface area contributed by atoms with E-state index in [1.165, 1.54) is 11.6 Å². The zero-order chi connectivity index (χ0) is 14.1. The number of nitrogens with zero attached hydrogens (tertiary/aromatic N) is 1. The largest absolute Gasteiger partial charge is 0.488 e. The number of halogens is 1. The molecule has 2 atom stereocenters. The Kier molecular flexibility index (Phi) is 3.49. The van der Waals surface area contributed by atoms with Crippen molar-refractivity contribution in [3.63, 3.8) is 0 Å². The second kappa shape index (κ2) is 5.29. The SMILES string of the molecule is CNC(C)c1ccn(CC2Cc3cc(F)ccc3O2)c1. The lowest BCUT2D eigenvalue weighted by molar-refractivity contribution is 0.209. The monoisotopic (exact) mass is 274 g/mol. The molecule has 20 heavy (non-hydrogen) atoms. The summed E-state index contributed by atoms with van der Waals surface area (Å²) in [6, 6.07) is 7.19. The van der Waals surface area contributed by atoms with Gasteiger partial charge in [0.05, 0.1) is 6.54 Å². The van der Waals surface area contributed by atoms with E-state index in [1.807, 2.05) is 7.05 Å². The molecular weight excluding hydrogens is 255 g/mol. The van der Waals surface area contributed by atoms with Crippen LogP contribution < -0.4 is 10.1 Å². The van der Waals surface area contributed by atoms with Gasteiger partial charge in [-0.2, -0.15) is 0 Å². The van der Waals surface area contributed by atoms with Gasteiger partial charge in [0.15, 0.2) is 0 Å². The van der Waals surface area contributed by atoms with Crippen molar-refractivity contribution in [2.45, 2.75) is 32.0 Å². The van der Waals surface area contributed by atoms with Gasteiger partial charge in [-0.1, -0.05) is 0 Å². The van der Waals surface area contributed by atoms with Gasteiger partial charge in [0.2, 0.25) is 0 Å². The molecule has 0 bridgehead atoms. The van der Waals surface area contributed by atoms with E-state index >= 15 is 0 Å². The first kappa shape index (κ1) is 13.2. The third-order valence-electron chi connectivity index (χ3n) is 3.88. The second-order valence-electron chi connectivity index (χ2n) is 5.35. The van der Waals surface area contributed by atoms with Crippen molar-refractivity contribution in [1.29, 1.82) is 0 Å². The average Bonchev–Trinajstić information content (AvgIpc) is 3.04. The Labute approximate surface area is 118 Å². The quantitative estimate of drug-likeness (QED) is 0.927. The van der Waals surface area contributed by atoms with E-state index in [4.69, 9.17) is 4.74 Å². The smallest absolute Gasteiger partial charge is 0.123 e. The Bertz CT molecular complexity index is 608. The molecule has 1 aromatic heterocycles. The maximum atomic E-state index is 13.2. The lowest BCUT2D eigenvalue weighted by Gasteiger charge is -2.12. The molecule has 4 heteroatoms. The van der Waals surface area contributed by atoms with Crippen molar-refractivity contribution in [1.82, 2.24) is 9.88 Å². The first-order valence-corrected chi connectivity index (χ1v) is 6.93. The summed E-state index contributed by atoms with van der Waals surface area (Å²) in [5.74, 6) is 0.617. The van der Waals surface area contributed by atoms with Crippen LogP contribution in [0.2, 0.25) is 0 Å². The molecular formula is C16H19FN2O. The maximum Gasteiger partial charge on any atom is 0.123 e. The van der Waals surface area contributed by atoms with E-state index in [-0.39, 0.29) is 11.9 Å². The van der Waals surface area contributed by atoms with Gasteiger partial charge < -0.3 is 14.6 Å². The molecule has 0 amide bonds. The minimum Gasteiger partial charge on any atom is -0.488 e. The first-order valence-electron chi connectivity index (χ1n) is 6.93. The van der Waals surface area contributed by atoms with Crippen LogP contribution in [0.1, 0.15) is 24.1 Å². The van der Waals surface area contributed by atoms with Crippen molar-refractivity contribution in [2.24, 2.45) is 0 Å². The molecule has 0 fully saturated rings. The summed E-state index contributed by atoms with van der Waals surface area (Å²) in [7, 11) is 1.95. The average molecular weight is 274 g/mol. The Morgan fingerprint density at radius 1 is 1.45 bits per heavy atom. The van der Waals surface area contributed by atoms with Crippen molar-refractivity contribution in [2.75, 3.05) is 7.05 Å². The molecule has 106 valence electrons. The van der Waals surface area contributed by atoms with Crippen molar-refractivity contribution in [3.05, 3.63) is 53.6 Å². The summed E-state index contributed by atoms with van der Waals surface area (Å²) in [5, 5.41) is 3.22. The van der Waals surface area contributed by atoms with Gasteiger partial charge in [0, 0.05) is 30.4 Å². The lowest BCUT2D eigenvalue weighted by atomic mass is 10.1. The predicted molar refractivity (Wildman–Crippen MR) is 76.4 cm³/mol. The van der Waals surface area contributed by atoms with Crippen LogP contribution in [-0.4, -0.2) is 17.7 Å². The van der Waals surface area contributed by atoms with E-state index in [0.717, 1.165) is 24.3 Å². The molecule has 0 spiro atoms. The van der Waals surface area contributed by atoms with Gasteiger partial charge in [-0.15, -0.1) is 0 Å². The molecule has 0 radical (unpaired) electrons. The number of fused-ring (bicyclic) bond motifs is 1. The molecule has 1 N–H and O–H groups in total. The van der Waals surface area contributed by atoms with E-state index < -0.39 is 0 Å². The second-order valence-corrected chi connectivity index (χ2v) is 5.35. The van der Waals surface area contributed by atoms with E-state index in [0.29, 0.717) is 6.04 Å². The number of ether oxygens (including phenoxy) is 1. The van der Waals surface area contributed by atoms with Crippen LogP contribution >= 0.6 is 0 Å². The number of aromatic nitrogens is 1. The molecule has 3 nitrogen and oxygen atoms in total. The van der Waals surface area contributed by atoms with Crippen molar-refractivity contribution >= 4 is 0 Å². The van der Waals surface area contributed by atoms with Gasteiger partial charge >= 0.3 is 0 Å². The summed E-state index contributed by atoms with van der Waals surface area (Å²) in [5.41, 5.74) is 2.22. The third kappa shape index (κ3) is 2.56. The molecule has 1 aliphatic heterocycles. The number of rotatable bonds is 4. The zero-order valence-electron chi connectivity index (χ0n) is 11.8. The highest BCUT2D eigenvalue weighted by atomic mass is 19.1. The molecule has 2 unspecified atom stereocenters. The maximum absolute atomic E-state index is 13.2. The lowest BCUT2D eigenvalue weighted by Crippen LogP contribution is -2.20. The van der Waals surface area contributed by atoms with Crippen LogP contribution in [0.25, 0.3) is 0 Å². The Morgan fingerprint density at radius 3 is 3.10 bits per heavy atom. The number of nitrogens with one attached hydrogen (secondary N) is 1. The molecule has 1 aliphatic rings. The highest BCUT2D eigenvalue weighted by molar-refractivity contribution is 5.37. The molecule has 3 rings (SSSR count). The van der Waals surface area contributed by atoms with Crippen molar-refractivity contribution in [3.8, 4) is 5.75 Å². The topological polar surface area (TPSA) is 26.2 Å². The normalized spacial score (nSPS) is 18.6.